The van der Waals surface area contributed by atoms with Gasteiger partial charge in [-0.1, -0.05) is 133 Å². The minimum atomic E-state index is 1.11. The predicted molar refractivity (Wildman–Crippen MR) is 237 cm³/mol. The first-order chi connectivity index (χ1) is 27.3. The molecule has 55 heavy (non-hydrogen) atoms. The van der Waals surface area contributed by atoms with Crippen LogP contribution < -0.4 is 4.90 Å². The van der Waals surface area contributed by atoms with E-state index in [0.29, 0.717) is 0 Å². The highest BCUT2D eigenvalue weighted by atomic mass is 32.1. The van der Waals surface area contributed by atoms with Crippen molar-refractivity contribution >= 4 is 81.1 Å². The third kappa shape index (κ3) is 5.32. The molecule has 0 radical (unpaired) electrons. The average Bonchev–Trinajstić information content (AvgIpc) is 3.80. The maximum atomic E-state index is 2.41. The average molecular weight is 719 g/mol. The summed E-state index contributed by atoms with van der Waals surface area (Å²) < 4.78 is 5.03. The van der Waals surface area contributed by atoms with Crippen molar-refractivity contribution in [2.75, 3.05) is 4.90 Å². The van der Waals surface area contributed by atoms with E-state index in [-0.39, 0.29) is 0 Å². The van der Waals surface area contributed by atoms with Crippen LogP contribution >= 0.6 is 11.3 Å². The molecule has 0 spiro atoms. The van der Waals surface area contributed by atoms with Crippen LogP contribution in [0.4, 0.5) is 17.1 Å². The second-order valence-electron chi connectivity index (χ2n) is 14.2. The number of anilines is 3. The molecule has 0 aliphatic rings. The molecule has 2 nitrogen and oxygen atoms in total. The lowest BCUT2D eigenvalue weighted by Crippen LogP contribution is -2.09. The minimum Gasteiger partial charge on any atom is -0.310 e. The van der Waals surface area contributed by atoms with Gasteiger partial charge in [0, 0.05) is 59.3 Å². The molecule has 0 amide bonds. The molecule has 0 unspecified atom stereocenters. The highest BCUT2D eigenvalue weighted by molar-refractivity contribution is 7.25. The van der Waals surface area contributed by atoms with E-state index in [2.05, 4.69) is 216 Å². The zero-order valence-corrected chi connectivity index (χ0v) is 30.7. The molecule has 258 valence electrons. The molecule has 0 bridgehead atoms. The topological polar surface area (TPSA) is 8.17 Å². The quantitative estimate of drug-likeness (QED) is 0.166. The smallest absolute Gasteiger partial charge is 0.0619 e. The fraction of sp³-hybridized carbons (Fsp3) is 0. The molecular weight excluding hydrogens is 685 g/mol. The Hall–Kier alpha value is -6.94. The highest BCUT2D eigenvalue weighted by Crippen LogP contribution is 2.43. The summed E-state index contributed by atoms with van der Waals surface area (Å²) in [5, 5.41) is 7.61. The zero-order chi connectivity index (χ0) is 36.3. The van der Waals surface area contributed by atoms with E-state index in [0.717, 1.165) is 22.7 Å². The molecule has 0 N–H and O–H groups in total. The van der Waals surface area contributed by atoms with Crippen molar-refractivity contribution < 1.29 is 0 Å². The summed E-state index contributed by atoms with van der Waals surface area (Å²) >= 11 is 1.85. The van der Waals surface area contributed by atoms with Gasteiger partial charge in [0.05, 0.1) is 11.0 Å². The largest absolute Gasteiger partial charge is 0.310 e. The Morgan fingerprint density at radius 3 is 1.80 bits per heavy atom. The first kappa shape index (κ1) is 31.6. The van der Waals surface area contributed by atoms with Crippen LogP contribution in [0.2, 0.25) is 0 Å². The maximum absolute atomic E-state index is 2.41. The van der Waals surface area contributed by atoms with E-state index >= 15 is 0 Å². The van der Waals surface area contributed by atoms with Gasteiger partial charge in [-0.3, -0.25) is 0 Å². The zero-order valence-electron chi connectivity index (χ0n) is 29.9. The van der Waals surface area contributed by atoms with Crippen LogP contribution in [0.25, 0.3) is 80.7 Å². The summed E-state index contributed by atoms with van der Waals surface area (Å²) in [6.45, 7) is 0. The van der Waals surface area contributed by atoms with Crippen LogP contribution in [-0.2, 0) is 0 Å². The number of rotatable bonds is 6. The normalized spacial score (nSPS) is 11.6. The number of benzene rings is 9. The Balaban J connectivity index is 1.05. The van der Waals surface area contributed by atoms with E-state index in [1.54, 1.807) is 0 Å². The third-order valence-corrected chi connectivity index (χ3v) is 12.1. The van der Waals surface area contributed by atoms with Crippen molar-refractivity contribution in [2.45, 2.75) is 0 Å². The van der Waals surface area contributed by atoms with Gasteiger partial charge >= 0.3 is 0 Å². The van der Waals surface area contributed by atoms with Gasteiger partial charge in [-0.15, -0.1) is 11.3 Å². The van der Waals surface area contributed by atoms with Crippen LogP contribution in [0.1, 0.15) is 0 Å². The van der Waals surface area contributed by atoms with Crippen molar-refractivity contribution in [3.63, 3.8) is 0 Å². The molecule has 9 aromatic carbocycles. The number of thiophene rings is 1. The van der Waals surface area contributed by atoms with Crippen molar-refractivity contribution in [3.8, 4) is 27.9 Å². The van der Waals surface area contributed by atoms with E-state index < -0.39 is 0 Å². The number of aromatic nitrogens is 1. The van der Waals surface area contributed by atoms with Crippen LogP contribution in [0.3, 0.4) is 0 Å². The van der Waals surface area contributed by atoms with Crippen LogP contribution in [0, 0.1) is 0 Å². The van der Waals surface area contributed by atoms with E-state index in [1.165, 1.54) is 75.0 Å². The Morgan fingerprint density at radius 1 is 0.364 bits per heavy atom. The second kappa shape index (κ2) is 12.9. The Morgan fingerprint density at radius 2 is 0.982 bits per heavy atom. The maximum Gasteiger partial charge on any atom is 0.0619 e. The molecule has 0 saturated carbocycles. The summed E-state index contributed by atoms with van der Waals surface area (Å²) in [6, 6.07) is 75.2. The molecule has 3 heteroatoms. The summed E-state index contributed by atoms with van der Waals surface area (Å²) in [5.41, 5.74) is 11.8. The van der Waals surface area contributed by atoms with Gasteiger partial charge in [0.1, 0.15) is 0 Å². The van der Waals surface area contributed by atoms with Crippen LogP contribution in [-0.4, -0.2) is 4.57 Å². The molecule has 0 fully saturated rings. The number of fused-ring (bicyclic) bond motifs is 7. The lowest BCUT2D eigenvalue weighted by atomic mass is 10.00. The SMILES string of the molecule is c1ccc(-n2c3ccccc3c3cccc(-c4ccc(N(c5ccc(-c6ccc7ccccc7c6)cc5)c5ccc6sc7ccccc7c6c5)cc4)c32)cc1. The lowest BCUT2D eigenvalue weighted by Gasteiger charge is -2.26. The summed E-state index contributed by atoms with van der Waals surface area (Å²) in [5.74, 6) is 0. The van der Waals surface area contributed by atoms with Gasteiger partial charge < -0.3 is 9.47 Å². The Labute approximate surface area is 323 Å². The predicted octanol–water partition coefficient (Wildman–Crippen LogP) is 15.1. The molecule has 2 heterocycles. The first-order valence-corrected chi connectivity index (χ1v) is 19.6. The minimum absolute atomic E-state index is 1.11. The monoisotopic (exact) mass is 718 g/mol. The van der Waals surface area contributed by atoms with Gasteiger partial charge in [0.2, 0.25) is 0 Å². The van der Waals surface area contributed by atoms with Gasteiger partial charge in [-0.2, -0.15) is 0 Å². The highest BCUT2D eigenvalue weighted by Gasteiger charge is 2.18. The number of nitrogens with zero attached hydrogens (tertiary/aromatic N) is 2. The van der Waals surface area contributed by atoms with Crippen molar-refractivity contribution in [1.82, 2.24) is 4.57 Å². The summed E-state index contributed by atoms with van der Waals surface area (Å²) in [6.07, 6.45) is 0. The van der Waals surface area contributed by atoms with Crippen LogP contribution in [0.15, 0.2) is 206 Å². The Kier molecular flexibility index (Phi) is 7.39. The molecule has 11 rings (SSSR count). The Bertz CT molecular complexity index is 3190. The van der Waals surface area contributed by atoms with Gasteiger partial charge in [-0.25, -0.2) is 0 Å². The number of hydrogen-bond acceptors (Lipinski definition) is 2. The number of hydrogen-bond donors (Lipinski definition) is 0. The van der Waals surface area contributed by atoms with Crippen molar-refractivity contribution in [2.24, 2.45) is 0 Å². The van der Waals surface area contributed by atoms with Crippen molar-refractivity contribution in [1.29, 1.82) is 0 Å². The fourth-order valence-corrected chi connectivity index (χ4v) is 9.45. The van der Waals surface area contributed by atoms with E-state index in [4.69, 9.17) is 0 Å². The molecular formula is C52H34N2S. The molecule has 0 aliphatic carbocycles. The fourth-order valence-electron chi connectivity index (χ4n) is 8.36. The van der Waals surface area contributed by atoms with Gasteiger partial charge in [0.15, 0.2) is 0 Å². The second-order valence-corrected chi connectivity index (χ2v) is 15.2. The van der Waals surface area contributed by atoms with Crippen LogP contribution in [0.5, 0.6) is 0 Å². The summed E-state index contributed by atoms with van der Waals surface area (Å²) in [4.78, 5) is 2.39. The van der Waals surface area contributed by atoms with E-state index in [1.807, 2.05) is 11.3 Å². The van der Waals surface area contributed by atoms with Crippen molar-refractivity contribution in [3.05, 3.63) is 206 Å². The summed E-state index contributed by atoms with van der Waals surface area (Å²) in [7, 11) is 0. The molecule has 0 aliphatic heterocycles. The van der Waals surface area contributed by atoms with Gasteiger partial charge in [-0.05, 0) is 100 Å². The lowest BCUT2D eigenvalue weighted by molar-refractivity contribution is 1.18. The molecule has 2 aromatic heterocycles. The molecule has 11 aromatic rings. The third-order valence-electron chi connectivity index (χ3n) is 11.0. The molecule has 0 saturated heterocycles. The molecule has 0 atom stereocenters. The number of para-hydroxylation sites is 3. The standard InChI is InChI=1S/C52H34N2S/c1-2-13-40(14-3-1)54-49-19-8-6-15-45(49)47-18-10-17-44(52(47)54)37-25-29-42(30-26-37)53(43-31-32-51-48(34-43)46-16-7-9-20-50(46)55-51)41-27-23-36(24-28-41)39-22-21-35-11-4-5-12-38(35)33-39/h1-34H. The first-order valence-electron chi connectivity index (χ1n) is 18.8. The van der Waals surface area contributed by atoms with Gasteiger partial charge in [0.25, 0.3) is 0 Å². The van der Waals surface area contributed by atoms with E-state index in [9.17, 15) is 0 Å².